The Morgan fingerprint density at radius 3 is 1.82 bits per heavy atom. The smallest absolute Gasteiger partial charge is 0.335 e. The van der Waals surface area contributed by atoms with Crippen molar-refractivity contribution in [3.05, 3.63) is 0 Å². The Bertz CT molecular complexity index is 1010. The highest BCUT2D eigenvalue weighted by Crippen LogP contribution is 2.31. The summed E-state index contributed by atoms with van der Waals surface area (Å²) in [5.41, 5.74) is -0.167. The minimum Gasteiger partial charge on any atom is -0.481 e. The third-order valence-corrected chi connectivity index (χ3v) is 9.17. The maximum atomic E-state index is 12.9. The van der Waals surface area contributed by atoms with Crippen molar-refractivity contribution < 1.29 is 69.1 Å². The van der Waals surface area contributed by atoms with Crippen molar-refractivity contribution >= 4 is 17.8 Å². The molecule has 2 aliphatic rings. The van der Waals surface area contributed by atoms with Gasteiger partial charge < -0.3 is 60.0 Å². The summed E-state index contributed by atoms with van der Waals surface area (Å²) < 4.78 is 22.0. The standard InChI is InChI=1S/C35H63NO14/c1-5-6-7-8-9-10-11-12-13-16-19-47-33-26(41)24(39)27(29(50-33)32(45)46)48-34-25(40)22(37)23(38)28(49-34)30(42)36-18-15-14-17-21(31(43)44)20-35(2,3)4/h21-29,33-34,37-41H,5-20H2,1-4H3,(H,36,42)(H,43,44)(H,45,46)/t21-,22+,23+,24-,25-,26-,27+,28+,29+,33-,34-/m1/s1. The number of hydrogen-bond acceptors (Lipinski definition) is 12. The number of carbonyl (C=O) groups is 3. The van der Waals surface area contributed by atoms with Crippen molar-refractivity contribution in [3.8, 4) is 0 Å². The number of carboxylic acid groups (broad SMARTS) is 2. The molecule has 0 saturated carbocycles. The minimum absolute atomic E-state index is 0.0976. The Labute approximate surface area is 295 Å². The van der Waals surface area contributed by atoms with E-state index in [1.165, 1.54) is 32.1 Å². The highest BCUT2D eigenvalue weighted by atomic mass is 16.7. The first-order valence-electron chi connectivity index (χ1n) is 18.3. The lowest BCUT2D eigenvalue weighted by atomic mass is 9.82. The molecule has 2 heterocycles. The van der Waals surface area contributed by atoms with Crippen LogP contribution in [0.25, 0.3) is 0 Å². The number of aliphatic hydroxyl groups excluding tert-OH is 5. The molecule has 50 heavy (non-hydrogen) atoms. The Hall–Kier alpha value is -1.95. The molecule has 15 nitrogen and oxygen atoms in total. The van der Waals surface area contributed by atoms with Gasteiger partial charge in [0.2, 0.25) is 0 Å². The summed E-state index contributed by atoms with van der Waals surface area (Å²) >= 11 is 0. The van der Waals surface area contributed by atoms with Gasteiger partial charge in [-0.1, -0.05) is 91.9 Å². The lowest BCUT2D eigenvalue weighted by Crippen LogP contribution is -2.66. The van der Waals surface area contributed by atoms with Crippen molar-refractivity contribution in [3.63, 3.8) is 0 Å². The van der Waals surface area contributed by atoms with Gasteiger partial charge in [0.1, 0.15) is 36.6 Å². The number of unbranched alkanes of at least 4 members (excludes halogenated alkanes) is 10. The van der Waals surface area contributed by atoms with Crippen LogP contribution in [0.5, 0.6) is 0 Å². The first-order chi connectivity index (χ1) is 23.6. The molecule has 0 aromatic heterocycles. The van der Waals surface area contributed by atoms with E-state index in [4.69, 9.17) is 18.9 Å². The van der Waals surface area contributed by atoms with E-state index in [1.54, 1.807) is 0 Å². The number of rotatable bonds is 23. The monoisotopic (exact) mass is 721 g/mol. The average Bonchev–Trinajstić information content (AvgIpc) is 3.04. The van der Waals surface area contributed by atoms with Gasteiger partial charge in [0, 0.05) is 13.2 Å². The zero-order chi connectivity index (χ0) is 37.4. The minimum atomic E-state index is -1.96. The predicted molar refractivity (Wildman–Crippen MR) is 180 cm³/mol. The molecule has 1 amide bonds. The fourth-order valence-corrected chi connectivity index (χ4v) is 6.33. The maximum Gasteiger partial charge on any atom is 0.335 e. The van der Waals surface area contributed by atoms with Crippen LogP contribution in [-0.4, -0.2) is 128 Å². The Morgan fingerprint density at radius 2 is 1.26 bits per heavy atom. The van der Waals surface area contributed by atoms with Crippen molar-refractivity contribution in [2.75, 3.05) is 13.2 Å². The average molecular weight is 722 g/mol. The summed E-state index contributed by atoms with van der Waals surface area (Å²) in [5, 5.41) is 75.0. The summed E-state index contributed by atoms with van der Waals surface area (Å²) in [6, 6.07) is 0. The number of nitrogens with one attached hydrogen (secondary N) is 1. The summed E-state index contributed by atoms with van der Waals surface area (Å²) in [5.74, 6) is -3.86. The molecule has 2 rings (SSSR count). The molecule has 8 N–H and O–H groups in total. The lowest BCUT2D eigenvalue weighted by Gasteiger charge is -2.45. The largest absolute Gasteiger partial charge is 0.481 e. The van der Waals surface area contributed by atoms with Gasteiger partial charge >= 0.3 is 11.9 Å². The van der Waals surface area contributed by atoms with Gasteiger partial charge in [0.05, 0.1) is 5.92 Å². The van der Waals surface area contributed by atoms with Crippen LogP contribution in [0.3, 0.4) is 0 Å². The molecule has 15 heteroatoms. The second-order valence-electron chi connectivity index (χ2n) is 14.9. The van der Waals surface area contributed by atoms with Crippen LogP contribution >= 0.6 is 0 Å². The molecule has 0 spiro atoms. The van der Waals surface area contributed by atoms with E-state index < -0.39 is 85.2 Å². The van der Waals surface area contributed by atoms with Crippen molar-refractivity contribution in [1.29, 1.82) is 0 Å². The third kappa shape index (κ3) is 14.6. The highest BCUT2D eigenvalue weighted by molar-refractivity contribution is 5.81. The third-order valence-electron chi connectivity index (χ3n) is 9.17. The quantitative estimate of drug-likeness (QED) is 0.0705. The predicted octanol–water partition coefficient (Wildman–Crippen LogP) is 2.07. The molecule has 2 fully saturated rings. The molecule has 0 radical (unpaired) electrons. The van der Waals surface area contributed by atoms with Gasteiger partial charge in [-0.05, 0) is 31.1 Å². The highest BCUT2D eigenvalue weighted by Gasteiger charge is 2.53. The lowest BCUT2D eigenvalue weighted by molar-refractivity contribution is -0.349. The SMILES string of the molecule is CCCCCCCCCCCCO[C@@H]1O[C@H](C(=O)O)[C@@H](O[C@@H]2O[C@H](C(=O)NCCCC[C@H](CC(C)(C)C)C(=O)O)[C@@H](O)[C@H](O)[C@H]2O)[C@H](O)[C@H]1O. The molecule has 292 valence electrons. The van der Waals surface area contributed by atoms with Crippen molar-refractivity contribution in [2.24, 2.45) is 11.3 Å². The van der Waals surface area contributed by atoms with Crippen LogP contribution in [-0.2, 0) is 33.3 Å². The van der Waals surface area contributed by atoms with Crippen LogP contribution in [0, 0.1) is 11.3 Å². The van der Waals surface area contributed by atoms with Gasteiger partial charge in [-0.15, -0.1) is 0 Å². The number of carbonyl (C=O) groups excluding carboxylic acids is 1. The van der Waals surface area contributed by atoms with E-state index >= 15 is 0 Å². The van der Waals surface area contributed by atoms with Crippen LogP contribution < -0.4 is 5.32 Å². The zero-order valence-corrected chi connectivity index (χ0v) is 30.2. The normalized spacial score (nSPS) is 30.9. The van der Waals surface area contributed by atoms with Gasteiger partial charge in [-0.3, -0.25) is 9.59 Å². The molecular weight excluding hydrogens is 658 g/mol. The first kappa shape index (κ1) is 44.2. The van der Waals surface area contributed by atoms with E-state index in [1.807, 2.05) is 20.8 Å². The van der Waals surface area contributed by atoms with Crippen LogP contribution in [0.4, 0.5) is 0 Å². The fourth-order valence-electron chi connectivity index (χ4n) is 6.33. The first-order valence-corrected chi connectivity index (χ1v) is 18.3. The molecule has 2 saturated heterocycles. The number of hydrogen-bond donors (Lipinski definition) is 8. The summed E-state index contributed by atoms with van der Waals surface area (Å²) in [7, 11) is 0. The Kier molecular flexibility index (Phi) is 19.6. The molecule has 11 atom stereocenters. The molecule has 2 aliphatic heterocycles. The molecular formula is C35H63NO14. The number of aliphatic carboxylic acids is 2. The number of carboxylic acids is 2. The molecule has 0 bridgehead atoms. The second kappa shape index (κ2) is 22.2. The van der Waals surface area contributed by atoms with E-state index in [0.29, 0.717) is 32.1 Å². The van der Waals surface area contributed by atoms with Crippen molar-refractivity contribution in [1.82, 2.24) is 5.32 Å². The Morgan fingerprint density at radius 1 is 0.700 bits per heavy atom. The van der Waals surface area contributed by atoms with Gasteiger partial charge in [-0.25, -0.2) is 4.79 Å². The van der Waals surface area contributed by atoms with Gasteiger partial charge in [0.15, 0.2) is 24.8 Å². The van der Waals surface area contributed by atoms with E-state index in [-0.39, 0.29) is 18.6 Å². The molecule has 0 aliphatic carbocycles. The Balaban J connectivity index is 1.88. The number of ether oxygens (including phenoxy) is 4. The zero-order valence-electron chi connectivity index (χ0n) is 30.2. The van der Waals surface area contributed by atoms with Crippen LogP contribution in [0.1, 0.15) is 118 Å². The van der Waals surface area contributed by atoms with Crippen molar-refractivity contribution in [2.45, 2.75) is 179 Å². The summed E-state index contributed by atoms with van der Waals surface area (Å²) in [6.07, 6.45) is -5.47. The number of aliphatic hydroxyl groups is 5. The number of amides is 1. The van der Waals surface area contributed by atoms with Crippen LogP contribution in [0.2, 0.25) is 0 Å². The molecule has 0 aromatic rings. The van der Waals surface area contributed by atoms with E-state index in [9.17, 15) is 50.1 Å². The topological polar surface area (TPSA) is 242 Å². The van der Waals surface area contributed by atoms with E-state index in [2.05, 4.69) is 12.2 Å². The van der Waals surface area contributed by atoms with Gasteiger partial charge in [-0.2, -0.15) is 0 Å². The summed E-state index contributed by atoms with van der Waals surface area (Å²) in [4.78, 5) is 36.6. The second-order valence-corrected chi connectivity index (χ2v) is 14.9. The van der Waals surface area contributed by atoms with Gasteiger partial charge in [0.25, 0.3) is 5.91 Å². The fraction of sp³-hybridized carbons (Fsp3) is 0.914. The summed E-state index contributed by atoms with van der Waals surface area (Å²) in [6.45, 7) is 8.31. The van der Waals surface area contributed by atoms with Crippen LogP contribution in [0.15, 0.2) is 0 Å². The maximum absolute atomic E-state index is 12.9. The molecule has 0 unspecified atom stereocenters. The molecule has 0 aromatic carbocycles. The van der Waals surface area contributed by atoms with E-state index in [0.717, 1.165) is 25.7 Å².